The Bertz CT molecular complexity index is 1420. The zero-order valence-electron chi connectivity index (χ0n) is 22.8. The zero-order valence-corrected chi connectivity index (χ0v) is 23.5. The topological polar surface area (TPSA) is 75.6 Å². The minimum atomic E-state index is -0.948. The van der Waals surface area contributed by atoms with Crippen molar-refractivity contribution in [1.29, 1.82) is 0 Å². The predicted molar refractivity (Wildman–Crippen MR) is 160 cm³/mol. The van der Waals surface area contributed by atoms with Crippen LogP contribution in [0.1, 0.15) is 65.3 Å². The highest BCUT2D eigenvalue weighted by Crippen LogP contribution is 2.39. The molecule has 0 bridgehead atoms. The highest BCUT2D eigenvalue weighted by Gasteiger charge is 2.27. The van der Waals surface area contributed by atoms with E-state index in [0.717, 1.165) is 40.8 Å². The van der Waals surface area contributed by atoms with E-state index in [1.165, 1.54) is 5.56 Å². The maximum atomic E-state index is 12.5. The van der Waals surface area contributed by atoms with Gasteiger partial charge in [0.1, 0.15) is 11.9 Å². The second kappa shape index (κ2) is 13.8. The summed E-state index contributed by atoms with van der Waals surface area (Å²) in [5, 5.41) is 12.1. The number of hydrogen-bond donors (Lipinski definition) is 2. The minimum absolute atomic E-state index is 0.0123. The van der Waals surface area contributed by atoms with Crippen molar-refractivity contribution < 1.29 is 19.4 Å². The second-order valence-corrected chi connectivity index (χ2v) is 10.3. The average Bonchev–Trinajstić information content (AvgIpc) is 2.96. The number of carboxylic acids is 1. The van der Waals surface area contributed by atoms with Crippen molar-refractivity contribution >= 4 is 23.5 Å². The van der Waals surface area contributed by atoms with Crippen molar-refractivity contribution in [3.63, 3.8) is 0 Å². The standard InChI is InChI=1S/C34H34ClNO4/c1-3-5-31(25-12-14-27(15-13-25)34(39)36-21-20-32(37)38)33(26-16-18-29(35)19-17-26)40-30-7-4-6-28(22-30)24-10-8-23(2)9-11-24/h4,6-19,22,31,33H,3,5,20-21H2,1-2H3,(H,36,39)(H,37,38)/t31-,33+/m1/s1. The molecule has 0 heterocycles. The largest absolute Gasteiger partial charge is 0.485 e. The van der Waals surface area contributed by atoms with Crippen LogP contribution in [0.4, 0.5) is 0 Å². The number of aryl methyl sites for hydroxylation is 1. The van der Waals surface area contributed by atoms with Gasteiger partial charge in [0.05, 0.1) is 6.42 Å². The number of carbonyl (C=O) groups excluding carboxylic acids is 1. The smallest absolute Gasteiger partial charge is 0.305 e. The molecule has 4 aromatic carbocycles. The molecule has 206 valence electrons. The normalized spacial score (nSPS) is 12.4. The van der Waals surface area contributed by atoms with Crippen LogP contribution in [0.25, 0.3) is 11.1 Å². The third-order valence-electron chi connectivity index (χ3n) is 6.87. The van der Waals surface area contributed by atoms with E-state index in [1.54, 1.807) is 12.1 Å². The lowest BCUT2D eigenvalue weighted by atomic mass is 9.85. The highest BCUT2D eigenvalue weighted by molar-refractivity contribution is 6.30. The van der Waals surface area contributed by atoms with Gasteiger partial charge in [-0.05, 0) is 72.0 Å². The Morgan fingerprint density at radius 1 is 0.875 bits per heavy atom. The molecule has 4 rings (SSSR count). The van der Waals surface area contributed by atoms with Gasteiger partial charge in [-0.1, -0.05) is 91.2 Å². The monoisotopic (exact) mass is 555 g/mol. The molecular formula is C34H34ClNO4. The van der Waals surface area contributed by atoms with E-state index in [2.05, 4.69) is 55.6 Å². The minimum Gasteiger partial charge on any atom is -0.485 e. The summed E-state index contributed by atoms with van der Waals surface area (Å²) in [5.41, 5.74) is 5.97. The van der Waals surface area contributed by atoms with Crippen molar-refractivity contribution in [3.8, 4) is 16.9 Å². The van der Waals surface area contributed by atoms with Gasteiger partial charge in [0.25, 0.3) is 5.91 Å². The molecule has 1 amide bonds. The molecule has 0 saturated carbocycles. The lowest BCUT2D eigenvalue weighted by Crippen LogP contribution is -2.26. The summed E-state index contributed by atoms with van der Waals surface area (Å²) >= 11 is 6.22. The predicted octanol–water partition coefficient (Wildman–Crippen LogP) is 8.22. The molecule has 2 N–H and O–H groups in total. The summed E-state index contributed by atoms with van der Waals surface area (Å²) in [6.45, 7) is 4.31. The molecule has 0 aromatic heterocycles. The number of benzene rings is 4. The van der Waals surface area contributed by atoms with E-state index in [9.17, 15) is 9.59 Å². The van der Waals surface area contributed by atoms with Gasteiger partial charge in [0, 0.05) is 23.0 Å². The first kappa shape index (κ1) is 28.9. The third-order valence-corrected chi connectivity index (χ3v) is 7.12. The van der Waals surface area contributed by atoms with Gasteiger partial charge in [-0.15, -0.1) is 0 Å². The van der Waals surface area contributed by atoms with E-state index >= 15 is 0 Å². The maximum Gasteiger partial charge on any atom is 0.305 e. The fraction of sp³-hybridized carbons (Fsp3) is 0.235. The Kier molecular flexibility index (Phi) is 9.98. The number of carboxylic acid groups (broad SMARTS) is 1. The Morgan fingerprint density at radius 2 is 1.55 bits per heavy atom. The molecular weight excluding hydrogens is 522 g/mol. The van der Waals surface area contributed by atoms with E-state index < -0.39 is 5.97 Å². The highest BCUT2D eigenvalue weighted by atomic mass is 35.5. The molecule has 0 unspecified atom stereocenters. The quantitative estimate of drug-likeness (QED) is 0.185. The fourth-order valence-electron chi connectivity index (χ4n) is 4.75. The van der Waals surface area contributed by atoms with Crippen molar-refractivity contribution in [3.05, 3.63) is 124 Å². The molecule has 0 saturated heterocycles. The molecule has 40 heavy (non-hydrogen) atoms. The fourth-order valence-corrected chi connectivity index (χ4v) is 4.87. The molecule has 5 nitrogen and oxygen atoms in total. The van der Waals surface area contributed by atoms with Crippen LogP contribution in [0, 0.1) is 6.92 Å². The Balaban J connectivity index is 1.64. The average molecular weight is 556 g/mol. The van der Waals surface area contributed by atoms with Crippen LogP contribution in [-0.2, 0) is 4.79 Å². The summed E-state index contributed by atoms with van der Waals surface area (Å²) in [7, 11) is 0. The van der Waals surface area contributed by atoms with Gasteiger partial charge in [-0.25, -0.2) is 0 Å². The lowest BCUT2D eigenvalue weighted by molar-refractivity contribution is -0.136. The maximum absolute atomic E-state index is 12.5. The lowest BCUT2D eigenvalue weighted by Gasteiger charge is -2.29. The number of hydrogen-bond acceptors (Lipinski definition) is 3. The van der Waals surface area contributed by atoms with Crippen molar-refractivity contribution in [2.75, 3.05) is 6.54 Å². The Hall–Kier alpha value is -4.09. The van der Waals surface area contributed by atoms with Crippen LogP contribution < -0.4 is 10.1 Å². The third kappa shape index (κ3) is 7.73. The van der Waals surface area contributed by atoms with E-state index in [4.69, 9.17) is 21.4 Å². The molecule has 0 aliphatic carbocycles. The van der Waals surface area contributed by atoms with Gasteiger partial charge in [0.2, 0.25) is 0 Å². The van der Waals surface area contributed by atoms with Crippen molar-refractivity contribution in [2.24, 2.45) is 0 Å². The Labute approximate surface area is 240 Å². The van der Waals surface area contributed by atoms with Gasteiger partial charge < -0.3 is 15.2 Å². The first-order chi connectivity index (χ1) is 19.3. The summed E-state index contributed by atoms with van der Waals surface area (Å²) in [5.74, 6) is -0.458. The van der Waals surface area contributed by atoms with Crippen LogP contribution >= 0.6 is 11.6 Å². The summed E-state index contributed by atoms with van der Waals surface area (Å²) in [4.78, 5) is 23.2. The van der Waals surface area contributed by atoms with Crippen LogP contribution in [0.2, 0.25) is 5.02 Å². The van der Waals surface area contributed by atoms with E-state index in [1.807, 2.05) is 48.5 Å². The number of carbonyl (C=O) groups is 2. The summed E-state index contributed by atoms with van der Waals surface area (Å²) in [6.07, 6.45) is 1.41. The number of rotatable bonds is 12. The first-order valence-corrected chi connectivity index (χ1v) is 13.9. The zero-order chi connectivity index (χ0) is 28.5. The van der Waals surface area contributed by atoms with Crippen LogP contribution in [0.15, 0.2) is 97.1 Å². The van der Waals surface area contributed by atoms with Crippen molar-refractivity contribution in [2.45, 2.75) is 45.1 Å². The van der Waals surface area contributed by atoms with Crippen LogP contribution in [0.5, 0.6) is 5.75 Å². The van der Waals surface area contributed by atoms with E-state index in [0.29, 0.717) is 10.6 Å². The van der Waals surface area contributed by atoms with Gasteiger partial charge in [0.15, 0.2) is 0 Å². The molecule has 2 atom stereocenters. The second-order valence-electron chi connectivity index (χ2n) is 9.90. The van der Waals surface area contributed by atoms with Gasteiger partial charge in [-0.3, -0.25) is 9.59 Å². The summed E-state index contributed by atoms with van der Waals surface area (Å²) < 4.78 is 6.77. The van der Waals surface area contributed by atoms with Crippen molar-refractivity contribution in [1.82, 2.24) is 5.32 Å². The number of ether oxygens (including phenoxy) is 1. The molecule has 0 radical (unpaired) electrons. The first-order valence-electron chi connectivity index (χ1n) is 13.5. The SMILES string of the molecule is CCC[C@H](c1ccc(C(=O)NCCC(=O)O)cc1)[C@@H](Oc1cccc(-c2ccc(C)cc2)c1)c1ccc(Cl)cc1. The van der Waals surface area contributed by atoms with E-state index in [-0.39, 0.29) is 30.9 Å². The molecule has 4 aromatic rings. The van der Waals surface area contributed by atoms with Gasteiger partial charge in [-0.2, -0.15) is 0 Å². The number of nitrogens with one attached hydrogen (secondary N) is 1. The molecule has 0 aliphatic heterocycles. The molecule has 0 fully saturated rings. The number of halogens is 1. The number of amides is 1. The Morgan fingerprint density at radius 3 is 2.20 bits per heavy atom. The van der Waals surface area contributed by atoms with Crippen LogP contribution in [-0.4, -0.2) is 23.5 Å². The van der Waals surface area contributed by atoms with Crippen LogP contribution in [0.3, 0.4) is 0 Å². The molecule has 0 aliphatic rings. The number of aliphatic carboxylic acids is 1. The summed E-state index contributed by atoms with van der Waals surface area (Å²) in [6, 6.07) is 31.8. The van der Waals surface area contributed by atoms with Gasteiger partial charge >= 0.3 is 5.97 Å². The molecule has 0 spiro atoms. The molecule has 6 heteroatoms.